The maximum absolute atomic E-state index is 13.9. The number of amides is 2. The standard InChI is InChI=1S/C40H64N2O4/c1-14-15-16-17-18-19-20-21-32(41-35(45)26-22-28(37(2,3)4)33(43)29(23-26)38(5,6)7)42-36(46)27-24-30(39(8,9)10)34(44)31(25-27)40(11,12)13/h22-25,32,43-44H,14-21H2,1-13H3,(H,41,45)(H,42,46). The van der Waals surface area contributed by atoms with Crippen molar-refractivity contribution in [1.29, 1.82) is 0 Å². The first kappa shape index (κ1) is 39.2. The number of hydrogen-bond acceptors (Lipinski definition) is 4. The molecule has 0 spiro atoms. The lowest BCUT2D eigenvalue weighted by atomic mass is 9.78. The van der Waals surface area contributed by atoms with Crippen molar-refractivity contribution in [3.05, 3.63) is 57.6 Å². The molecule has 0 aliphatic heterocycles. The summed E-state index contributed by atoms with van der Waals surface area (Å²) >= 11 is 0. The van der Waals surface area contributed by atoms with E-state index in [1.54, 1.807) is 24.3 Å². The molecule has 0 unspecified atom stereocenters. The molecule has 2 amide bonds. The molecule has 258 valence electrons. The van der Waals surface area contributed by atoms with Gasteiger partial charge in [-0.05, 0) is 58.8 Å². The highest BCUT2D eigenvalue weighted by Crippen LogP contribution is 2.41. The summed E-state index contributed by atoms with van der Waals surface area (Å²) in [4.78, 5) is 27.8. The Kier molecular flexibility index (Phi) is 13.0. The van der Waals surface area contributed by atoms with E-state index in [0.717, 1.165) is 19.3 Å². The number of aromatic hydroxyl groups is 2. The summed E-state index contributed by atoms with van der Waals surface area (Å²) in [5.41, 5.74) is 2.28. The van der Waals surface area contributed by atoms with Crippen LogP contribution in [-0.4, -0.2) is 28.2 Å². The minimum absolute atomic E-state index is 0.223. The lowest BCUT2D eigenvalue weighted by molar-refractivity contribution is 0.0878. The quantitative estimate of drug-likeness (QED) is 0.138. The molecule has 0 saturated carbocycles. The molecule has 2 rings (SSSR count). The smallest absolute Gasteiger partial charge is 0.252 e. The molecule has 0 aliphatic rings. The van der Waals surface area contributed by atoms with Gasteiger partial charge in [0.2, 0.25) is 0 Å². The summed E-state index contributed by atoms with van der Waals surface area (Å²) in [5, 5.41) is 28.6. The molecule has 6 heteroatoms. The first-order valence-electron chi connectivity index (χ1n) is 17.4. The van der Waals surface area contributed by atoms with Crippen LogP contribution in [0.1, 0.15) is 184 Å². The third-order valence-corrected chi connectivity index (χ3v) is 8.68. The predicted molar refractivity (Wildman–Crippen MR) is 192 cm³/mol. The fourth-order valence-corrected chi connectivity index (χ4v) is 5.79. The largest absolute Gasteiger partial charge is 0.507 e. The number of phenols is 2. The highest BCUT2D eigenvalue weighted by molar-refractivity contribution is 5.97. The molecule has 0 heterocycles. The summed E-state index contributed by atoms with van der Waals surface area (Å²) in [5.74, 6) is -0.136. The van der Waals surface area contributed by atoms with Gasteiger partial charge >= 0.3 is 0 Å². The van der Waals surface area contributed by atoms with Gasteiger partial charge in [0.1, 0.15) is 17.7 Å². The van der Waals surface area contributed by atoms with E-state index in [1.165, 1.54) is 25.7 Å². The van der Waals surface area contributed by atoms with Gasteiger partial charge < -0.3 is 20.8 Å². The summed E-state index contributed by atoms with van der Waals surface area (Å²) in [7, 11) is 0. The maximum atomic E-state index is 13.9. The van der Waals surface area contributed by atoms with Crippen molar-refractivity contribution in [1.82, 2.24) is 10.6 Å². The zero-order valence-electron chi connectivity index (χ0n) is 31.3. The fraction of sp³-hybridized carbons (Fsp3) is 0.650. The molecule has 0 radical (unpaired) electrons. The molecule has 0 saturated heterocycles. The first-order valence-corrected chi connectivity index (χ1v) is 17.4. The van der Waals surface area contributed by atoms with Crippen LogP contribution in [0.25, 0.3) is 0 Å². The SMILES string of the molecule is CCCCCCCCCC(NC(=O)c1cc(C(C)(C)C)c(O)c(C(C)(C)C)c1)NC(=O)c1cc(C(C)(C)C)c(O)c(C(C)(C)C)c1. The van der Waals surface area contributed by atoms with Crippen LogP contribution in [0.2, 0.25) is 0 Å². The number of carbonyl (C=O) groups is 2. The first-order chi connectivity index (χ1) is 21.0. The van der Waals surface area contributed by atoms with Crippen LogP contribution >= 0.6 is 0 Å². The van der Waals surface area contributed by atoms with Gasteiger partial charge in [0.25, 0.3) is 11.8 Å². The van der Waals surface area contributed by atoms with Crippen molar-refractivity contribution in [3.8, 4) is 11.5 Å². The van der Waals surface area contributed by atoms with Crippen molar-refractivity contribution in [2.75, 3.05) is 0 Å². The number of benzene rings is 2. The van der Waals surface area contributed by atoms with E-state index in [0.29, 0.717) is 39.8 Å². The molecule has 2 aromatic carbocycles. The minimum atomic E-state index is -0.592. The average Bonchev–Trinajstić information content (AvgIpc) is 2.89. The molecule has 0 atom stereocenters. The second-order valence-electron chi connectivity index (χ2n) is 17.2. The van der Waals surface area contributed by atoms with Gasteiger partial charge in [-0.2, -0.15) is 0 Å². The number of phenolic OH excluding ortho intramolecular Hbond substituents is 2. The molecule has 0 fully saturated rings. The van der Waals surface area contributed by atoms with Gasteiger partial charge in [-0.3, -0.25) is 9.59 Å². The third-order valence-electron chi connectivity index (χ3n) is 8.68. The van der Waals surface area contributed by atoms with Gasteiger partial charge in [-0.1, -0.05) is 129 Å². The van der Waals surface area contributed by atoms with Crippen molar-refractivity contribution in [2.45, 2.75) is 169 Å². The molecule has 0 aliphatic carbocycles. The molecular formula is C40H64N2O4. The number of nitrogens with one attached hydrogen (secondary N) is 2. The molecule has 0 bridgehead atoms. The van der Waals surface area contributed by atoms with E-state index >= 15 is 0 Å². The number of hydrogen-bond donors (Lipinski definition) is 4. The maximum Gasteiger partial charge on any atom is 0.252 e. The molecule has 0 aromatic heterocycles. The molecule has 6 nitrogen and oxygen atoms in total. The van der Waals surface area contributed by atoms with Gasteiger partial charge in [0.05, 0.1) is 0 Å². The average molecular weight is 637 g/mol. The predicted octanol–water partition coefficient (Wildman–Crippen LogP) is 9.91. The Balaban J connectivity index is 2.48. The highest BCUT2D eigenvalue weighted by Gasteiger charge is 2.30. The Morgan fingerprint density at radius 2 is 0.826 bits per heavy atom. The number of rotatable bonds is 12. The minimum Gasteiger partial charge on any atom is -0.507 e. The Labute approximate surface area is 280 Å². The van der Waals surface area contributed by atoms with E-state index in [4.69, 9.17) is 0 Å². The van der Waals surface area contributed by atoms with E-state index in [1.807, 2.05) is 83.1 Å². The second kappa shape index (κ2) is 15.3. The van der Waals surface area contributed by atoms with Gasteiger partial charge in [-0.15, -0.1) is 0 Å². The van der Waals surface area contributed by atoms with Crippen molar-refractivity contribution >= 4 is 11.8 Å². The summed E-state index contributed by atoms with van der Waals surface area (Å²) in [6.07, 6.45) is 7.88. The lowest BCUT2D eigenvalue weighted by Crippen LogP contribution is -2.48. The Hall–Kier alpha value is -3.02. The topological polar surface area (TPSA) is 98.7 Å². The van der Waals surface area contributed by atoms with E-state index in [2.05, 4.69) is 17.6 Å². The normalized spacial score (nSPS) is 12.8. The molecule has 46 heavy (non-hydrogen) atoms. The van der Waals surface area contributed by atoms with Crippen molar-refractivity contribution in [2.24, 2.45) is 0 Å². The Morgan fingerprint density at radius 3 is 1.11 bits per heavy atom. The van der Waals surface area contributed by atoms with Crippen molar-refractivity contribution < 1.29 is 19.8 Å². The fourth-order valence-electron chi connectivity index (χ4n) is 5.79. The van der Waals surface area contributed by atoms with Gasteiger partial charge in [0, 0.05) is 33.4 Å². The van der Waals surface area contributed by atoms with Crippen LogP contribution in [-0.2, 0) is 21.7 Å². The van der Waals surface area contributed by atoms with Crippen LogP contribution in [0.5, 0.6) is 11.5 Å². The van der Waals surface area contributed by atoms with E-state index in [-0.39, 0.29) is 45.0 Å². The molecule has 2 aromatic rings. The van der Waals surface area contributed by atoms with Crippen LogP contribution in [0.3, 0.4) is 0 Å². The van der Waals surface area contributed by atoms with Crippen LogP contribution in [0.4, 0.5) is 0 Å². The zero-order valence-corrected chi connectivity index (χ0v) is 31.3. The highest BCUT2D eigenvalue weighted by atomic mass is 16.3. The summed E-state index contributed by atoms with van der Waals surface area (Å²) in [6.45, 7) is 26.5. The zero-order chi connectivity index (χ0) is 35.3. The molecule has 4 N–H and O–H groups in total. The number of unbranched alkanes of at least 4 members (excludes halogenated alkanes) is 6. The second-order valence-corrected chi connectivity index (χ2v) is 17.2. The summed E-state index contributed by atoms with van der Waals surface area (Å²) < 4.78 is 0. The Bertz CT molecular complexity index is 1180. The van der Waals surface area contributed by atoms with E-state index in [9.17, 15) is 19.8 Å². The Morgan fingerprint density at radius 1 is 0.543 bits per heavy atom. The van der Waals surface area contributed by atoms with Gasteiger partial charge in [0.15, 0.2) is 0 Å². The lowest BCUT2D eigenvalue weighted by Gasteiger charge is -2.29. The van der Waals surface area contributed by atoms with Crippen molar-refractivity contribution in [3.63, 3.8) is 0 Å². The van der Waals surface area contributed by atoms with Gasteiger partial charge in [-0.25, -0.2) is 0 Å². The van der Waals surface area contributed by atoms with E-state index < -0.39 is 6.17 Å². The van der Waals surface area contributed by atoms with Crippen LogP contribution in [0, 0.1) is 0 Å². The third kappa shape index (κ3) is 10.8. The van der Waals surface area contributed by atoms with Crippen LogP contribution in [0.15, 0.2) is 24.3 Å². The monoisotopic (exact) mass is 636 g/mol. The molecular weight excluding hydrogens is 572 g/mol. The number of carbonyl (C=O) groups excluding carboxylic acids is 2. The van der Waals surface area contributed by atoms with Crippen LogP contribution < -0.4 is 10.6 Å². The summed E-state index contributed by atoms with van der Waals surface area (Å²) in [6, 6.07) is 7.10.